The molecule has 0 aromatic carbocycles. The van der Waals surface area contributed by atoms with Gasteiger partial charge in [0.1, 0.15) is 19.0 Å². The number of rotatable bonds is 3. The molecule has 1 aromatic rings. The van der Waals surface area contributed by atoms with Crippen LogP contribution in [-0.2, 0) is 9.53 Å². The van der Waals surface area contributed by atoms with Crippen molar-refractivity contribution in [2.75, 3.05) is 32.8 Å². The molecule has 8 heteroatoms. The van der Waals surface area contributed by atoms with E-state index in [0.29, 0.717) is 32.1 Å². The van der Waals surface area contributed by atoms with Crippen molar-refractivity contribution >= 4 is 12.0 Å². The van der Waals surface area contributed by atoms with Crippen molar-refractivity contribution in [2.24, 2.45) is 0 Å². The molecule has 0 aliphatic carbocycles. The monoisotopic (exact) mass is 320 g/mol. The molecule has 0 bridgehead atoms. The Bertz CT molecular complexity index is 672. The van der Waals surface area contributed by atoms with Gasteiger partial charge < -0.3 is 14.6 Å². The summed E-state index contributed by atoms with van der Waals surface area (Å²) in [6, 6.07) is 1.50. The Morgan fingerprint density at radius 3 is 2.96 bits per heavy atom. The van der Waals surface area contributed by atoms with Crippen LogP contribution in [0.25, 0.3) is 0 Å². The predicted molar refractivity (Wildman–Crippen MR) is 81.1 cm³/mol. The van der Waals surface area contributed by atoms with Crippen LogP contribution in [0.5, 0.6) is 0 Å². The fourth-order valence-electron chi connectivity index (χ4n) is 3.09. The maximum atomic E-state index is 12.4. The van der Waals surface area contributed by atoms with Crippen LogP contribution in [-0.4, -0.2) is 64.6 Å². The van der Waals surface area contributed by atoms with E-state index in [-0.39, 0.29) is 23.9 Å². The zero-order valence-electron chi connectivity index (χ0n) is 13.1. The molecule has 1 aromatic heterocycles. The minimum absolute atomic E-state index is 0.0490. The molecule has 2 saturated heterocycles. The molecule has 2 aliphatic rings. The maximum absolute atomic E-state index is 12.4. The van der Waals surface area contributed by atoms with Gasteiger partial charge in [0.25, 0.3) is 5.56 Å². The second-order valence-corrected chi connectivity index (χ2v) is 5.97. The lowest BCUT2D eigenvalue weighted by atomic mass is 9.94. The third kappa shape index (κ3) is 3.52. The minimum atomic E-state index is -0.432. The first-order chi connectivity index (χ1) is 11.0. The van der Waals surface area contributed by atoms with E-state index >= 15 is 0 Å². The molecular formula is C15H20N4O4. The molecule has 0 radical (unpaired) electrons. The number of cyclic esters (lactones) is 1. The summed E-state index contributed by atoms with van der Waals surface area (Å²) in [6.45, 7) is 3.78. The van der Waals surface area contributed by atoms with Crippen molar-refractivity contribution in [1.82, 2.24) is 19.8 Å². The van der Waals surface area contributed by atoms with Crippen molar-refractivity contribution in [2.45, 2.75) is 25.7 Å². The Morgan fingerprint density at radius 2 is 2.26 bits per heavy atom. The van der Waals surface area contributed by atoms with E-state index in [1.165, 1.54) is 11.0 Å². The lowest BCUT2D eigenvalue weighted by Crippen LogP contribution is -2.45. The number of likely N-dealkylation sites (tertiary alicyclic amines) is 1. The second-order valence-electron chi connectivity index (χ2n) is 5.97. The van der Waals surface area contributed by atoms with E-state index in [4.69, 9.17) is 4.74 Å². The molecule has 23 heavy (non-hydrogen) atoms. The molecular weight excluding hydrogens is 300 g/mol. The van der Waals surface area contributed by atoms with Crippen LogP contribution in [0.2, 0.25) is 0 Å². The van der Waals surface area contributed by atoms with Crippen LogP contribution in [0.4, 0.5) is 4.79 Å². The van der Waals surface area contributed by atoms with Gasteiger partial charge in [-0.2, -0.15) is 0 Å². The zero-order chi connectivity index (χ0) is 16.4. The first-order valence-corrected chi connectivity index (χ1v) is 7.80. The molecule has 0 spiro atoms. The lowest BCUT2D eigenvalue weighted by molar-refractivity contribution is -0.132. The minimum Gasteiger partial charge on any atom is -0.448 e. The number of H-pyrrole nitrogens is 1. The van der Waals surface area contributed by atoms with Crippen molar-refractivity contribution in [3.63, 3.8) is 0 Å². The van der Waals surface area contributed by atoms with Gasteiger partial charge in [0, 0.05) is 25.1 Å². The quantitative estimate of drug-likeness (QED) is 0.860. The van der Waals surface area contributed by atoms with Gasteiger partial charge in [0.05, 0.1) is 12.2 Å². The van der Waals surface area contributed by atoms with Gasteiger partial charge in [0.2, 0.25) is 5.91 Å². The molecule has 8 nitrogen and oxygen atoms in total. The molecule has 0 unspecified atom stereocenters. The molecule has 124 valence electrons. The average Bonchev–Trinajstić information content (AvgIpc) is 2.91. The van der Waals surface area contributed by atoms with Crippen molar-refractivity contribution in [1.29, 1.82) is 0 Å². The highest BCUT2D eigenvalue weighted by Crippen LogP contribution is 2.25. The number of amides is 2. The van der Waals surface area contributed by atoms with Gasteiger partial charge >= 0.3 is 6.09 Å². The number of aromatic nitrogens is 2. The molecule has 0 saturated carbocycles. The van der Waals surface area contributed by atoms with Crippen molar-refractivity contribution < 1.29 is 14.3 Å². The third-order valence-electron chi connectivity index (χ3n) is 4.24. The van der Waals surface area contributed by atoms with E-state index in [1.807, 2.05) is 0 Å². The SMILES string of the molecule is Cc1nc([C@@H]2CCCN(C(=O)CN3CCOC3=O)C2)cc(=O)[nH]1. The van der Waals surface area contributed by atoms with Gasteiger partial charge in [-0.3, -0.25) is 14.5 Å². The number of carbonyl (C=O) groups is 2. The summed E-state index contributed by atoms with van der Waals surface area (Å²) in [7, 11) is 0. The standard InChI is InChI=1S/C15H20N4O4/c1-10-16-12(7-13(20)17-10)11-3-2-4-18(8-11)14(21)9-19-5-6-23-15(19)22/h7,11H,2-6,8-9H2,1H3,(H,16,17,20)/t11-/m1/s1. The number of aromatic amines is 1. The maximum Gasteiger partial charge on any atom is 0.410 e. The van der Waals surface area contributed by atoms with Gasteiger partial charge in [-0.1, -0.05) is 0 Å². The summed E-state index contributed by atoms with van der Waals surface area (Å²) < 4.78 is 4.84. The van der Waals surface area contributed by atoms with Gasteiger partial charge in [-0.05, 0) is 19.8 Å². The molecule has 2 aliphatic heterocycles. The second kappa shape index (κ2) is 6.39. The van der Waals surface area contributed by atoms with Gasteiger partial charge in [-0.25, -0.2) is 9.78 Å². The van der Waals surface area contributed by atoms with Crippen LogP contribution in [0.3, 0.4) is 0 Å². The molecule has 1 atom stereocenters. The molecule has 3 rings (SSSR count). The third-order valence-corrected chi connectivity index (χ3v) is 4.24. The smallest absolute Gasteiger partial charge is 0.410 e. The van der Waals surface area contributed by atoms with Crippen LogP contribution < -0.4 is 5.56 Å². The number of nitrogens with one attached hydrogen (secondary N) is 1. The van der Waals surface area contributed by atoms with Crippen molar-refractivity contribution in [3.8, 4) is 0 Å². The molecule has 3 heterocycles. The Labute approximate surface area is 133 Å². The van der Waals surface area contributed by atoms with Crippen LogP contribution >= 0.6 is 0 Å². The highest BCUT2D eigenvalue weighted by molar-refractivity contribution is 5.83. The van der Waals surface area contributed by atoms with Crippen molar-refractivity contribution in [3.05, 3.63) is 27.9 Å². The predicted octanol–water partition coefficient (Wildman–Crippen LogP) is 0.237. The zero-order valence-corrected chi connectivity index (χ0v) is 13.1. The summed E-state index contributed by atoms with van der Waals surface area (Å²) >= 11 is 0. The number of aryl methyl sites for hydroxylation is 1. The highest BCUT2D eigenvalue weighted by atomic mass is 16.6. The molecule has 2 amide bonds. The molecule has 2 fully saturated rings. The normalized spacial score (nSPS) is 21.4. The Hall–Kier alpha value is -2.38. The Kier molecular flexibility index (Phi) is 4.31. The first kappa shape index (κ1) is 15.5. The number of piperidine rings is 1. The number of ether oxygens (including phenoxy) is 1. The van der Waals surface area contributed by atoms with E-state index < -0.39 is 6.09 Å². The number of hydrogen-bond acceptors (Lipinski definition) is 5. The van der Waals surface area contributed by atoms with Crippen LogP contribution in [0.15, 0.2) is 10.9 Å². The van der Waals surface area contributed by atoms with E-state index in [9.17, 15) is 14.4 Å². The fourth-order valence-corrected chi connectivity index (χ4v) is 3.09. The van der Waals surface area contributed by atoms with Crippen LogP contribution in [0.1, 0.15) is 30.3 Å². The van der Waals surface area contributed by atoms with Crippen LogP contribution in [0, 0.1) is 6.92 Å². The number of nitrogens with zero attached hydrogens (tertiary/aromatic N) is 3. The Morgan fingerprint density at radius 1 is 1.43 bits per heavy atom. The summed E-state index contributed by atoms with van der Waals surface area (Å²) in [6.07, 6.45) is 1.32. The number of carbonyl (C=O) groups excluding carboxylic acids is 2. The van der Waals surface area contributed by atoms with Gasteiger partial charge in [0.15, 0.2) is 0 Å². The largest absolute Gasteiger partial charge is 0.448 e. The Balaban J connectivity index is 1.66. The summed E-state index contributed by atoms with van der Waals surface area (Å²) in [5, 5.41) is 0. The van der Waals surface area contributed by atoms with Gasteiger partial charge in [-0.15, -0.1) is 0 Å². The van der Waals surface area contributed by atoms with E-state index in [2.05, 4.69) is 9.97 Å². The fraction of sp³-hybridized carbons (Fsp3) is 0.600. The highest BCUT2D eigenvalue weighted by Gasteiger charge is 2.30. The van der Waals surface area contributed by atoms with E-state index in [1.54, 1.807) is 11.8 Å². The summed E-state index contributed by atoms with van der Waals surface area (Å²) in [5.41, 5.74) is 0.556. The topological polar surface area (TPSA) is 95.6 Å². The summed E-state index contributed by atoms with van der Waals surface area (Å²) in [4.78, 5) is 45.6. The summed E-state index contributed by atoms with van der Waals surface area (Å²) in [5.74, 6) is 0.546. The first-order valence-electron chi connectivity index (χ1n) is 7.80. The average molecular weight is 320 g/mol. The lowest BCUT2D eigenvalue weighted by Gasteiger charge is -2.33. The van der Waals surface area contributed by atoms with E-state index in [0.717, 1.165) is 18.5 Å². The molecule has 1 N–H and O–H groups in total. The number of hydrogen-bond donors (Lipinski definition) is 1.